The van der Waals surface area contributed by atoms with Crippen molar-refractivity contribution >= 4 is 66.8 Å². The number of carbonyl (C=O) groups excluding carboxylic acids is 1. The maximum Gasteiger partial charge on any atom is 0.269 e. The number of anilines is 1. The van der Waals surface area contributed by atoms with E-state index in [4.69, 9.17) is 4.42 Å². The minimum Gasteiger partial charge on any atom is -0.457 e. The molecule has 0 radical (unpaired) electrons. The van der Waals surface area contributed by atoms with Gasteiger partial charge in [0, 0.05) is 41.9 Å². The molecular weight excluding hydrogens is 575 g/mol. The highest BCUT2D eigenvalue weighted by Gasteiger charge is 2.33. The van der Waals surface area contributed by atoms with E-state index >= 15 is 0 Å². The van der Waals surface area contributed by atoms with Gasteiger partial charge in [-0.05, 0) is 60.3 Å². The molecule has 0 unspecified atom stereocenters. The number of thioether (sulfide) groups is 1. The van der Waals surface area contributed by atoms with Gasteiger partial charge < -0.3 is 4.42 Å². The molecule has 0 aliphatic carbocycles. The van der Waals surface area contributed by atoms with Crippen molar-refractivity contribution in [1.29, 1.82) is 0 Å². The lowest BCUT2D eigenvalue weighted by molar-refractivity contribution is -0.384. The van der Waals surface area contributed by atoms with Crippen molar-refractivity contribution < 1.29 is 22.6 Å². The van der Waals surface area contributed by atoms with E-state index in [0.29, 0.717) is 32.8 Å². The van der Waals surface area contributed by atoms with Crippen LogP contribution in [0.15, 0.2) is 104 Å². The van der Waals surface area contributed by atoms with Crippen molar-refractivity contribution in [2.45, 2.75) is 4.90 Å². The third-order valence-corrected chi connectivity index (χ3v) is 8.67. The zero-order valence-electron chi connectivity index (χ0n) is 20.5. The molecule has 0 spiro atoms. The van der Waals surface area contributed by atoms with Crippen molar-refractivity contribution in [1.82, 2.24) is 9.88 Å². The molecule has 5 rings (SSSR count). The topological polar surface area (TPSA) is 148 Å². The maximum absolute atomic E-state index is 13.1. The van der Waals surface area contributed by atoms with Gasteiger partial charge in [0.15, 0.2) is 10.3 Å². The highest BCUT2D eigenvalue weighted by atomic mass is 32.2. The van der Waals surface area contributed by atoms with Crippen LogP contribution in [-0.2, 0) is 14.8 Å². The number of furan rings is 1. The second kappa shape index (κ2) is 11.3. The molecule has 202 valence electrons. The molecule has 0 bridgehead atoms. The Balaban J connectivity index is 1.36. The molecule has 1 aliphatic rings. The van der Waals surface area contributed by atoms with Crippen LogP contribution in [0.25, 0.3) is 17.4 Å². The van der Waals surface area contributed by atoms with Crippen LogP contribution >= 0.6 is 23.1 Å². The number of nitro benzene ring substituents is 1. The van der Waals surface area contributed by atoms with Gasteiger partial charge >= 0.3 is 0 Å². The monoisotopic (exact) mass is 593 g/mol. The van der Waals surface area contributed by atoms with Crippen molar-refractivity contribution in [3.8, 4) is 11.3 Å². The van der Waals surface area contributed by atoms with Gasteiger partial charge in [-0.25, -0.2) is 18.4 Å². The zero-order chi connectivity index (χ0) is 28.3. The third kappa shape index (κ3) is 5.88. The third-order valence-electron chi connectivity index (χ3n) is 5.49. The first-order valence-corrected chi connectivity index (χ1v) is 14.7. The fourth-order valence-electron chi connectivity index (χ4n) is 3.60. The van der Waals surface area contributed by atoms with E-state index in [1.165, 1.54) is 46.7 Å². The molecule has 11 nitrogen and oxygen atoms in total. The summed E-state index contributed by atoms with van der Waals surface area (Å²) >= 11 is 2.32. The van der Waals surface area contributed by atoms with Crippen LogP contribution in [0.3, 0.4) is 0 Å². The van der Waals surface area contributed by atoms with Gasteiger partial charge in [0.25, 0.3) is 21.6 Å². The fourth-order valence-corrected chi connectivity index (χ4v) is 6.38. The van der Waals surface area contributed by atoms with E-state index in [-0.39, 0.29) is 28.2 Å². The Morgan fingerprint density at radius 1 is 1.12 bits per heavy atom. The summed E-state index contributed by atoms with van der Waals surface area (Å²) in [6.45, 7) is 3.94. The summed E-state index contributed by atoms with van der Waals surface area (Å²) in [5.41, 5.74) is 1.09. The highest BCUT2D eigenvalue weighted by Crippen LogP contribution is 2.35. The summed E-state index contributed by atoms with van der Waals surface area (Å²) < 4.78 is 33.5. The van der Waals surface area contributed by atoms with Gasteiger partial charge in [-0.3, -0.25) is 24.5 Å². The SMILES string of the molecule is C=CCN1C(=O)/C(=C/c2ccc(-c3ccc([N+](=O)[O-])cc3)o2)SC1=Nc1ccc(S(=O)(=O)Nc2nccs2)cc1. The second-order valence-corrected chi connectivity index (χ2v) is 11.7. The van der Waals surface area contributed by atoms with E-state index in [9.17, 15) is 23.3 Å². The normalized spacial score (nSPS) is 15.6. The van der Waals surface area contributed by atoms with Crippen LogP contribution in [0.5, 0.6) is 0 Å². The number of aromatic nitrogens is 1. The summed E-state index contributed by atoms with van der Waals surface area (Å²) in [7, 11) is -3.81. The van der Waals surface area contributed by atoms with Crippen LogP contribution in [-0.4, -0.2) is 40.8 Å². The standard InChI is InChI=1S/C26H19N5O6S3/c1-2-14-30-24(32)23(16-20-9-12-22(37-20)17-3-7-19(8-4-17)31(33)34)39-26(30)28-18-5-10-21(11-6-18)40(35,36)29-25-27-13-15-38-25/h2-13,15-16H,1,14H2,(H,27,29)/b23-16-,28-26?. The smallest absolute Gasteiger partial charge is 0.269 e. The summed E-state index contributed by atoms with van der Waals surface area (Å²) in [5, 5.41) is 13.2. The molecular formula is C26H19N5O6S3. The quantitative estimate of drug-likeness (QED) is 0.109. The van der Waals surface area contributed by atoms with Crippen LogP contribution in [0.4, 0.5) is 16.5 Å². The number of non-ortho nitro benzene ring substituents is 1. The van der Waals surface area contributed by atoms with Gasteiger partial charge in [0.05, 0.1) is 20.4 Å². The van der Waals surface area contributed by atoms with Crippen molar-refractivity contribution in [2.24, 2.45) is 4.99 Å². The van der Waals surface area contributed by atoms with Gasteiger partial charge in [-0.2, -0.15) is 0 Å². The largest absolute Gasteiger partial charge is 0.457 e. The van der Waals surface area contributed by atoms with Crippen molar-refractivity contribution in [3.05, 3.63) is 106 Å². The molecule has 4 aromatic rings. The van der Waals surface area contributed by atoms with Crippen LogP contribution in [0.2, 0.25) is 0 Å². The number of hydrogen-bond acceptors (Lipinski definition) is 10. The predicted molar refractivity (Wildman–Crippen MR) is 155 cm³/mol. The van der Waals surface area contributed by atoms with Gasteiger partial charge in [-0.1, -0.05) is 6.08 Å². The first-order valence-electron chi connectivity index (χ1n) is 11.5. The number of nitrogens with one attached hydrogen (secondary N) is 1. The minimum atomic E-state index is -3.81. The summed E-state index contributed by atoms with van der Waals surface area (Å²) in [6, 6.07) is 15.3. The van der Waals surface area contributed by atoms with Gasteiger partial charge in [-0.15, -0.1) is 17.9 Å². The maximum atomic E-state index is 13.1. The molecule has 3 heterocycles. The number of amidine groups is 1. The van der Waals surface area contributed by atoms with E-state index < -0.39 is 14.9 Å². The first kappa shape index (κ1) is 27.1. The molecule has 14 heteroatoms. The lowest BCUT2D eigenvalue weighted by atomic mass is 10.1. The van der Waals surface area contributed by atoms with Crippen LogP contribution in [0, 0.1) is 10.1 Å². The summed E-state index contributed by atoms with van der Waals surface area (Å²) in [4.78, 5) is 33.9. The average molecular weight is 594 g/mol. The molecule has 2 aromatic carbocycles. The lowest BCUT2D eigenvalue weighted by Gasteiger charge is -2.12. The number of benzene rings is 2. The van der Waals surface area contributed by atoms with Crippen molar-refractivity contribution in [2.75, 3.05) is 11.3 Å². The molecule has 0 atom stereocenters. The number of rotatable bonds is 9. The molecule has 0 saturated carbocycles. The first-order chi connectivity index (χ1) is 19.2. The number of aliphatic imine (C=N–C) groups is 1. The van der Waals surface area contributed by atoms with E-state index in [1.807, 2.05) is 0 Å². The molecule has 1 saturated heterocycles. The minimum absolute atomic E-state index is 0.0247. The molecule has 1 aliphatic heterocycles. The predicted octanol–water partition coefficient (Wildman–Crippen LogP) is 5.90. The number of nitrogens with zero attached hydrogens (tertiary/aromatic N) is 4. The molecule has 1 N–H and O–H groups in total. The van der Waals surface area contributed by atoms with E-state index in [0.717, 1.165) is 11.8 Å². The van der Waals surface area contributed by atoms with E-state index in [2.05, 4.69) is 21.3 Å². The van der Waals surface area contributed by atoms with Crippen molar-refractivity contribution in [3.63, 3.8) is 0 Å². The Kier molecular flexibility index (Phi) is 7.64. The Morgan fingerprint density at radius 3 is 2.52 bits per heavy atom. The fraction of sp³-hybridized carbons (Fsp3) is 0.0385. The van der Waals surface area contributed by atoms with Gasteiger partial charge in [0.1, 0.15) is 11.5 Å². The number of carbonyl (C=O) groups is 1. The lowest BCUT2D eigenvalue weighted by Crippen LogP contribution is -2.29. The highest BCUT2D eigenvalue weighted by molar-refractivity contribution is 8.18. The van der Waals surface area contributed by atoms with Crippen LogP contribution < -0.4 is 4.72 Å². The molecule has 1 fully saturated rings. The Hall–Kier alpha value is -4.53. The number of thiazole rings is 1. The zero-order valence-corrected chi connectivity index (χ0v) is 22.9. The molecule has 1 amide bonds. The number of hydrogen-bond donors (Lipinski definition) is 1. The Morgan fingerprint density at radius 2 is 1.88 bits per heavy atom. The second-order valence-electron chi connectivity index (χ2n) is 8.15. The number of amides is 1. The summed E-state index contributed by atoms with van der Waals surface area (Å²) in [5.74, 6) is 0.628. The van der Waals surface area contributed by atoms with E-state index in [1.54, 1.807) is 53.9 Å². The number of sulfonamides is 1. The Labute approximate surface area is 236 Å². The van der Waals surface area contributed by atoms with Crippen LogP contribution in [0.1, 0.15) is 5.76 Å². The van der Waals surface area contributed by atoms with Gasteiger partial charge in [0.2, 0.25) is 0 Å². The summed E-state index contributed by atoms with van der Waals surface area (Å²) in [6.07, 6.45) is 4.68. The molecule has 40 heavy (non-hydrogen) atoms. The number of nitro groups is 1. The Bertz CT molecular complexity index is 1740. The molecule has 2 aromatic heterocycles. The average Bonchev–Trinajstić information content (AvgIpc) is 3.68.